The minimum atomic E-state index is -1.15. The number of phenols is 1. The Morgan fingerprint density at radius 3 is 2.59 bits per heavy atom. The van der Waals surface area contributed by atoms with Crippen molar-refractivity contribution >= 4 is 12.0 Å². The molecule has 0 saturated heterocycles. The molecule has 4 heteroatoms. The predicted octanol–water partition coefficient (Wildman–Crippen LogP) is 2.66. The van der Waals surface area contributed by atoms with E-state index in [0.29, 0.717) is 11.3 Å². The van der Waals surface area contributed by atoms with Gasteiger partial charge in [-0.3, -0.25) is 0 Å². The largest absolute Gasteiger partial charge is 0.506 e. The number of aromatic carboxylic acids is 1. The van der Waals surface area contributed by atoms with Gasteiger partial charge in [0.25, 0.3) is 0 Å². The van der Waals surface area contributed by atoms with Gasteiger partial charge in [-0.15, -0.1) is 0 Å². The number of benzene rings is 1. The Morgan fingerprint density at radius 1 is 1.35 bits per heavy atom. The molecule has 0 atom stereocenters. The molecule has 0 amide bonds. The van der Waals surface area contributed by atoms with Gasteiger partial charge in [-0.05, 0) is 44.6 Å². The number of carbonyl (C=O) groups is 1. The SMILES string of the molecule is CC1=Cc2c(ccc(C(=O)O)c2O)OC1(C)C. The Labute approximate surface area is 99.2 Å². The molecule has 90 valence electrons. The molecule has 1 aromatic carbocycles. The van der Waals surface area contributed by atoms with Crippen molar-refractivity contribution in [3.05, 3.63) is 28.8 Å². The first-order valence-corrected chi connectivity index (χ1v) is 5.30. The first-order valence-electron chi connectivity index (χ1n) is 5.30. The summed E-state index contributed by atoms with van der Waals surface area (Å²) in [6.07, 6.45) is 1.76. The van der Waals surface area contributed by atoms with Crippen LogP contribution in [-0.2, 0) is 0 Å². The average Bonchev–Trinajstić information content (AvgIpc) is 2.20. The smallest absolute Gasteiger partial charge is 0.339 e. The lowest BCUT2D eigenvalue weighted by molar-refractivity contribution is 0.0693. The Balaban J connectivity index is 2.63. The third-order valence-corrected chi connectivity index (χ3v) is 3.08. The first kappa shape index (κ1) is 11.5. The number of aromatic hydroxyl groups is 1. The molecule has 1 aliphatic rings. The van der Waals surface area contributed by atoms with Crippen molar-refractivity contribution in [1.29, 1.82) is 0 Å². The van der Waals surface area contributed by atoms with Crippen molar-refractivity contribution in [2.24, 2.45) is 0 Å². The van der Waals surface area contributed by atoms with Gasteiger partial charge < -0.3 is 14.9 Å². The van der Waals surface area contributed by atoms with Crippen LogP contribution in [0.5, 0.6) is 11.5 Å². The van der Waals surface area contributed by atoms with Crippen molar-refractivity contribution in [3.8, 4) is 11.5 Å². The molecule has 0 fully saturated rings. The van der Waals surface area contributed by atoms with Gasteiger partial charge in [0.15, 0.2) is 0 Å². The van der Waals surface area contributed by atoms with Crippen LogP contribution in [-0.4, -0.2) is 21.8 Å². The second-order valence-electron chi connectivity index (χ2n) is 4.62. The minimum Gasteiger partial charge on any atom is -0.506 e. The lowest BCUT2D eigenvalue weighted by Crippen LogP contribution is -2.32. The third-order valence-electron chi connectivity index (χ3n) is 3.08. The van der Waals surface area contributed by atoms with Crippen molar-refractivity contribution < 1.29 is 19.7 Å². The average molecular weight is 234 g/mol. The van der Waals surface area contributed by atoms with Crippen LogP contribution >= 0.6 is 0 Å². The highest BCUT2D eigenvalue weighted by Crippen LogP contribution is 2.41. The van der Waals surface area contributed by atoms with Crippen molar-refractivity contribution in [2.75, 3.05) is 0 Å². The summed E-state index contributed by atoms with van der Waals surface area (Å²) >= 11 is 0. The maximum absolute atomic E-state index is 10.9. The first-order chi connectivity index (χ1) is 7.83. The normalized spacial score (nSPS) is 16.8. The molecule has 0 saturated carbocycles. The van der Waals surface area contributed by atoms with Crippen LogP contribution in [0.15, 0.2) is 17.7 Å². The van der Waals surface area contributed by atoms with Crippen LogP contribution in [0.25, 0.3) is 6.08 Å². The van der Waals surface area contributed by atoms with E-state index in [-0.39, 0.29) is 11.3 Å². The van der Waals surface area contributed by atoms with E-state index in [0.717, 1.165) is 5.57 Å². The number of carboxylic acids is 1. The lowest BCUT2D eigenvalue weighted by atomic mass is 9.92. The molecule has 0 unspecified atom stereocenters. The topological polar surface area (TPSA) is 66.8 Å². The Morgan fingerprint density at radius 2 is 2.00 bits per heavy atom. The monoisotopic (exact) mass is 234 g/mol. The van der Waals surface area contributed by atoms with E-state index in [1.807, 2.05) is 20.8 Å². The molecule has 0 aliphatic carbocycles. The van der Waals surface area contributed by atoms with Gasteiger partial charge >= 0.3 is 5.97 Å². The summed E-state index contributed by atoms with van der Waals surface area (Å²) in [6.45, 7) is 5.73. The number of hydrogen-bond acceptors (Lipinski definition) is 3. The van der Waals surface area contributed by atoms with E-state index in [1.165, 1.54) is 6.07 Å². The van der Waals surface area contributed by atoms with Gasteiger partial charge in [-0.25, -0.2) is 4.79 Å². The van der Waals surface area contributed by atoms with Crippen LogP contribution in [0.1, 0.15) is 36.7 Å². The van der Waals surface area contributed by atoms with E-state index >= 15 is 0 Å². The molecular formula is C13H14O4. The van der Waals surface area contributed by atoms with Crippen LogP contribution < -0.4 is 4.74 Å². The van der Waals surface area contributed by atoms with Crippen molar-refractivity contribution in [3.63, 3.8) is 0 Å². The van der Waals surface area contributed by atoms with E-state index in [1.54, 1.807) is 12.1 Å². The summed E-state index contributed by atoms with van der Waals surface area (Å²) in [5, 5.41) is 18.8. The molecule has 1 heterocycles. The minimum absolute atomic E-state index is 0.115. The maximum Gasteiger partial charge on any atom is 0.339 e. The maximum atomic E-state index is 10.9. The van der Waals surface area contributed by atoms with Crippen LogP contribution in [0.4, 0.5) is 0 Å². The van der Waals surface area contributed by atoms with Crippen LogP contribution in [0.3, 0.4) is 0 Å². The molecule has 2 N–H and O–H groups in total. The molecule has 0 spiro atoms. The summed E-state index contributed by atoms with van der Waals surface area (Å²) in [5.74, 6) is -0.894. The number of fused-ring (bicyclic) bond motifs is 1. The Hall–Kier alpha value is -1.97. The fourth-order valence-corrected chi connectivity index (χ4v) is 1.74. The molecule has 0 radical (unpaired) electrons. The number of rotatable bonds is 1. The van der Waals surface area contributed by atoms with Gasteiger partial charge in [0, 0.05) is 0 Å². The van der Waals surface area contributed by atoms with Gasteiger partial charge in [0.2, 0.25) is 0 Å². The molecular weight excluding hydrogens is 220 g/mol. The van der Waals surface area contributed by atoms with Crippen LogP contribution in [0, 0.1) is 0 Å². The van der Waals surface area contributed by atoms with Crippen LogP contribution in [0.2, 0.25) is 0 Å². The summed E-state index contributed by atoms with van der Waals surface area (Å²) in [6, 6.07) is 2.92. The second-order valence-corrected chi connectivity index (χ2v) is 4.62. The molecule has 1 aliphatic heterocycles. The van der Waals surface area contributed by atoms with Gasteiger partial charge in [0.05, 0.1) is 5.56 Å². The fourth-order valence-electron chi connectivity index (χ4n) is 1.74. The molecule has 0 bridgehead atoms. The van der Waals surface area contributed by atoms with E-state index in [9.17, 15) is 9.90 Å². The van der Waals surface area contributed by atoms with E-state index in [2.05, 4.69) is 0 Å². The lowest BCUT2D eigenvalue weighted by Gasteiger charge is -2.32. The fraction of sp³-hybridized carbons (Fsp3) is 0.308. The van der Waals surface area contributed by atoms with E-state index in [4.69, 9.17) is 9.84 Å². The standard InChI is InChI=1S/C13H14O4/c1-7-6-9-10(17-13(7,2)3)5-4-8(11(9)14)12(15)16/h4-6,14H,1-3H3,(H,15,16). The summed E-state index contributed by atoms with van der Waals surface area (Å²) < 4.78 is 5.73. The zero-order valence-corrected chi connectivity index (χ0v) is 9.94. The molecule has 0 aromatic heterocycles. The predicted molar refractivity (Wildman–Crippen MR) is 63.4 cm³/mol. The molecule has 2 rings (SSSR count). The third kappa shape index (κ3) is 1.75. The zero-order valence-electron chi connectivity index (χ0n) is 9.94. The molecule has 4 nitrogen and oxygen atoms in total. The second kappa shape index (κ2) is 3.52. The van der Waals surface area contributed by atoms with Gasteiger partial charge in [-0.1, -0.05) is 0 Å². The number of ether oxygens (including phenoxy) is 1. The Kier molecular flexibility index (Phi) is 2.38. The highest BCUT2D eigenvalue weighted by Gasteiger charge is 2.30. The van der Waals surface area contributed by atoms with Crippen molar-refractivity contribution in [1.82, 2.24) is 0 Å². The summed E-state index contributed by atoms with van der Waals surface area (Å²) in [7, 11) is 0. The highest BCUT2D eigenvalue weighted by atomic mass is 16.5. The van der Waals surface area contributed by atoms with Gasteiger partial charge in [0.1, 0.15) is 22.7 Å². The Bertz CT molecular complexity index is 526. The highest BCUT2D eigenvalue weighted by molar-refractivity contribution is 5.93. The van der Waals surface area contributed by atoms with Gasteiger partial charge in [-0.2, -0.15) is 0 Å². The molecule has 1 aromatic rings. The summed E-state index contributed by atoms with van der Waals surface area (Å²) in [5.41, 5.74) is 0.810. The zero-order chi connectivity index (χ0) is 12.8. The van der Waals surface area contributed by atoms with E-state index < -0.39 is 11.6 Å². The number of carboxylic acid groups (broad SMARTS) is 1. The number of hydrogen-bond donors (Lipinski definition) is 2. The quantitative estimate of drug-likeness (QED) is 0.784. The van der Waals surface area contributed by atoms with Crippen molar-refractivity contribution in [2.45, 2.75) is 26.4 Å². The summed E-state index contributed by atoms with van der Waals surface area (Å²) in [4.78, 5) is 10.9. The molecule has 17 heavy (non-hydrogen) atoms.